The Labute approximate surface area is 114 Å². The van der Waals surface area contributed by atoms with Gasteiger partial charge in [0.05, 0.1) is 24.1 Å². The predicted molar refractivity (Wildman–Crippen MR) is 66.9 cm³/mol. The van der Waals surface area contributed by atoms with E-state index in [0.717, 1.165) is 18.2 Å². The molecule has 108 valence electrons. The quantitative estimate of drug-likeness (QED) is 0.762. The summed E-state index contributed by atoms with van der Waals surface area (Å²) in [5, 5.41) is -0.375. The summed E-state index contributed by atoms with van der Waals surface area (Å²) >= 11 is 5.63. The third kappa shape index (κ3) is 4.21. The van der Waals surface area contributed by atoms with Crippen LogP contribution in [0.5, 0.6) is 0 Å². The summed E-state index contributed by atoms with van der Waals surface area (Å²) in [6, 6.07) is 2.65. The van der Waals surface area contributed by atoms with Crippen LogP contribution in [-0.4, -0.2) is 13.2 Å². The average molecular weight is 317 g/mol. The number of halogens is 4. The standard InChI is InChI=1S/C11H13ClF3O3P/c1-3-17-19(16,18-4-2)10-6-8(11(13,14)15)5-9(12)7-10/h5-7H,3-4H2,1-2H3. The lowest BCUT2D eigenvalue weighted by Crippen LogP contribution is -2.15. The molecular formula is C11H13ClF3O3P. The molecule has 0 unspecified atom stereocenters. The molecule has 19 heavy (non-hydrogen) atoms. The highest BCUT2D eigenvalue weighted by molar-refractivity contribution is 7.62. The fraction of sp³-hybridized carbons (Fsp3) is 0.455. The predicted octanol–water partition coefficient (Wildman–Crippen LogP) is 4.25. The molecule has 1 aromatic rings. The molecule has 0 radical (unpaired) electrons. The van der Waals surface area contributed by atoms with E-state index in [-0.39, 0.29) is 23.5 Å². The van der Waals surface area contributed by atoms with Gasteiger partial charge >= 0.3 is 13.8 Å². The van der Waals surface area contributed by atoms with E-state index in [1.54, 1.807) is 13.8 Å². The van der Waals surface area contributed by atoms with Crippen LogP contribution in [0.4, 0.5) is 13.2 Å². The van der Waals surface area contributed by atoms with Gasteiger partial charge in [0.25, 0.3) is 0 Å². The molecule has 0 atom stereocenters. The largest absolute Gasteiger partial charge is 0.416 e. The van der Waals surface area contributed by atoms with Crippen LogP contribution in [0.15, 0.2) is 18.2 Å². The van der Waals surface area contributed by atoms with Gasteiger partial charge in [0.15, 0.2) is 0 Å². The van der Waals surface area contributed by atoms with Crippen molar-refractivity contribution in [3.63, 3.8) is 0 Å². The summed E-state index contributed by atoms with van der Waals surface area (Å²) in [4.78, 5) is 0. The Balaban J connectivity index is 3.32. The zero-order valence-corrected chi connectivity index (χ0v) is 12.0. The second-order valence-corrected chi connectivity index (χ2v) is 5.99. The molecule has 0 saturated carbocycles. The summed E-state index contributed by atoms with van der Waals surface area (Å²) in [5.41, 5.74) is -0.991. The average Bonchev–Trinajstić information content (AvgIpc) is 2.27. The van der Waals surface area contributed by atoms with Crippen molar-refractivity contribution < 1.29 is 26.8 Å². The van der Waals surface area contributed by atoms with E-state index in [2.05, 4.69) is 0 Å². The van der Waals surface area contributed by atoms with E-state index < -0.39 is 19.3 Å². The Morgan fingerprint density at radius 2 is 1.68 bits per heavy atom. The minimum atomic E-state index is -4.58. The van der Waals surface area contributed by atoms with Gasteiger partial charge in [-0.1, -0.05) is 11.6 Å². The molecule has 8 heteroatoms. The van der Waals surface area contributed by atoms with Gasteiger partial charge < -0.3 is 9.05 Å². The molecular weight excluding hydrogens is 304 g/mol. The maximum atomic E-state index is 12.7. The Bertz CT molecular complexity index is 481. The van der Waals surface area contributed by atoms with Gasteiger partial charge in [-0.15, -0.1) is 0 Å². The van der Waals surface area contributed by atoms with Crippen molar-refractivity contribution in [3.05, 3.63) is 28.8 Å². The maximum absolute atomic E-state index is 12.7. The van der Waals surface area contributed by atoms with E-state index in [4.69, 9.17) is 20.6 Å². The molecule has 0 aliphatic rings. The lowest BCUT2D eigenvalue weighted by atomic mass is 10.2. The summed E-state index contributed by atoms with van der Waals surface area (Å²) in [6.07, 6.45) is -4.58. The van der Waals surface area contributed by atoms with Gasteiger partial charge in [-0.25, -0.2) is 0 Å². The topological polar surface area (TPSA) is 35.5 Å². The van der Waals surface area contributed by atoms with E-state index in [0.29, 0.717) is 0 Å². The molecule has 0 spiro atoms. The smallest absolute Gasteiger partial charge is 0.305 e. The first-order valence-electron chi connectivity index (χ1n) is 5.50. The van der Waals surface area contributed by atoms with Crippen LogP contribution in [0.3, 0.4) is 0 Å². The molecule has 0 N–H and O–H groups in total. The Kier molecular flexibility index (Phi) is 5.44. The lowest BCUT2D eigenvalue weighted by molar-refractivity contribution is -0.137. The van der Waals surface area contributed by atoms with Crippen LogP contribution in [0.25, 0.3) is 0 Å². The van der Waals surface area contributed by atoms with Crippen molar-refractivity contribution in [2.45, 2.75) is 20.0 Å². The number of benzene rings is 1. The number of hydrogen-bond acceptors (Lipinski definition) is 3. The molecule has 0 aliphatic carbocycles. The molecule has 0 fully saturated rings. The monoisotopic (exact) mass is 316 g/mol. The highest BCUT2D eigenvalue weighted by Crippen LogP contribution is 2.48. The van der Waals surface area contributed by atoms with E-state index >= 15 is 0 Å². The van der Waals surface area contributed by atoms with Crippen LogP contribution in [0, 0.1) is 0 Å². The van der Waals surface area contributed by atoms with E-state index in [1.807, 2.05) is 0 Å². The van der Waals surface area contributed by atoms with Crippen molar-refractivity contribution in [2.75, 3.05) is 13.2 Å². The Morgan fingerprint density at radius 1 is 1.16 bits per heavy atom. The molecule has 1 aromatic carbocycles. The molecule has 0 bridgehead atoms. The van der Waals surface area contributed by atoms with E-state index in [9.17, 15) is 17.7 Å². The molecule has 0 aliphatic heterocycles. The lowest BCUT2D eigenvalue weighted by Gasteiger charge is -2.18. The molecule has 0 amide bonds. The zero-order chi connectivity index (χ0) is 14.7. The fourth-order valence-corrected chi connectivity index (χ4v) is 3.38. The molecule has 0 heterocycles. The SMILES string of the molecule is CCOP(=O)(OCC)c1cc(Cl)cc(C(F)(F)F)c1. The molecule has 0 aromatic heterocycles. The number of alkyl halides is 3. The van der Waals surface area contributed by atoms with Gasteiger partial charge in [-0.3, -0.25) is 4.57 Å². The first-order chi connectivity index (χ1) is 8.73. The summed E-state index contributed by atoms with van der Waals surface area (Å²) in [5.74, 6) is 0. The van der Waals surface area contributed by atoms with Crippen molar-refractivity contribution in [1.82, 2.24) is 0 Å². The van der Waals surface area contributed by atoms with Crippen molar-refractivity contribution in [1.29, 1.82) is 0 Å². The van der Waals surface area contributed by atoms with Crippen molar-refractivity contribution >= 4 is 24.5 Å². The van der Waals surface area contributed by atoms with Gasteiger partial charge in [0.2, 0.25) is 0 Å². The number of hydrogen-bond donors (Lipinski definition) is 0. The van der Waals surface area contributed by atoms with Crippen LogP contribution in [-0.2, 0) is 19.8 Å². The summed E-state index contributed by atoms with van der Waals surface area (Å²) < 4.78 is 60.4. The normalized spacial score (nSPS) is 12.7. The molecule has 0 saturated heterocycles. The van der Waals surface area contributed by atoms with Crippen LogP contribution in [0.1, 0.15) is 19.4 Å². The number of rotatable bonds is 5. The minimum Gasteiger partial charge on any atom is -0.305 e. The molecule has 3 nitrogen and oxygen atoms in total. The maximum Gasteiger partial charge on any atom is 0.416 e. The van der Waals surface area contributed by atoms with Crippen LogP contribution in [0.2, 0.25) is 5.02 Å². The Morgan fingerprint density at radius 3 is 2.11 bits per heavy atom. The van der Waals surface area contributed by atoms with Crippen LogP contribution < -0.4 is 5.30 Å². The summed E-state index contributed by atoms with van der Waals surface area (Å²) in [6.45, 7) is 3.23. The van der Waals surface area contributed by atoms with Gasteiger partial charge in [-0.2, -0.15) is 13.2 Å². The minimum absolute atomic E-state index is 0.0468. The van der Waals surface area contributed by atoms with Crippen molar-refractivity contribution in [2.24, 2.45) is 0 Å². The van der Waals surface area contributed by atoms with Gasteiger partial charge in [0.1, 0.15) is 0 Å². The van der Waals surface area contributed by atoms with Crippen molar-refractivity contribution in [3.8, 4) is 0 Å². The third-order valence-electron chi connectivity index (χ3n) is 2.12. The van der Waals surface area contributed by atoms with Gasteiger partial charge in [-0.05, 0) is 32.0 Å². The summed E-state index contributed by atoms with van der Waals surface area (Å²) in [7, 11) is -3.78. The second-order valence-electron chi connectivity index (χ2n) is 3.53. The highest BCUT2D eigenvalue weighted by Gasteiger charge is 2.35. The fourth-order valence-electron chi connectivity index (χ4n) is 1.42. The molecule has 1 rings (SSSR count). The zero-order valence-electron chi connectivity index (χ0n) is 10.3. The second kappa shape index (κ2) is 6.27. The highest BCUT2D eigenvalue weighted by atomic mass is 35.5. The van der Waals surface area contributed by atoms with E-state index in [1.165, 1.54) is 0 Å². The Hall–Kier alpha value is -0.550. The third-order valence-corrected chi connectivity index (χ3v) is 4.43. The van der Waals surface area contributed by atoms with Gasteiger partial charge in [0, 0.05) is 5.02 Å². The first-order valence-corrected chi connectivity index (χ1v) is 7.42. The van der Waals surface area contributed by atoms with Crippen LogP contribution >= 0.6 is 19.2 Å². The first kappa shape index (κ1) is 16.5.